The first-order chi connectivity index (χ1) is 9.74. The molecule has 0 aliphatic heterocycles. The van der Waals surface area contributed by atoms with Crippen molar-refractivity contribution in [3.8, 4) is 11.3 Å². The van der Waals surface area contributed by atoms with Crippen LogP contribution in [-0.4, -0.2) is 38.9 Å². The molecule has 20 heavy (non-hydrogen) atoms. The van der Waals surface area contributed by atoms with Gasteiger partial charge in [0.05, 0.1) is 30.6 Å². The van der Waals surface area contributed by atoms with Gasteiger partial charge in [-0.2, -0.15) is 5.10 Å². The number of hydrogen-bond donors (Lipinski definition) is 2. The van der Waals surface area contributed by atoms with Crippen LogP contribution < -0.4 is 5.32 Å². The minimum Gasteiger partial charge on any atom is -0.394 e. The number of amides is 1. The quantitative estimate of drug-likeness (QED) is 0.764. The predicted molar refractivity (Wildman–Crippen MR) is 75.1 cm³/mol. The average Bonchev–Trinajstić information content (AvgIpc) is 2.94. The molecule has 2 N–H and O–H groups in total. The largest absolute Gasteiger partial charge is 0.394 e. The summed E-state index contributed by atoms with van der Waals surface area (Å²) < 4.78 is 1.64. The van der Waals surface area contributed by atoms with Crippen LogP contribution in [0.5, 0.6) is 0 Å². The van der Waals surface area contributed by atoms with Gasteiger partial charge in [-0.1, -0.05) is 6.08 Å². The van der Waals surface area contributed by atoms with Gasteiger partial charge in [0.2, 0.25) is 0 Å². The highest BCUT2D eigenvalue weighted by Gasteiger charge is 2.07. The second-order valence-corrected chi connectivity index (χ2v) is 4.15. The molecule has 0 radical (unpaired) electrons. The van der Waals surface area contributed by atoms with E-state index in [4.69, 9.17) is 5.11 Å². The van der Waals surface area contributed by atoms with Crippen LogP contribution in [0.25, 0.3) is 11.3 Å². The molecular formula is C14H16N4O2. The summed E-state index contributed by atoms with van der Waals surface area (Å²) in [6.07, 6.45) is 6.62. The van der Waals surface area contributed by atoms with Crippen LogP contribution in [0.3, 0.4) is 0 Å². The zero-order valence-corrected chi connectivity index (χ0v) is 11.0. The first kappa shape index (κ1) is 14.0. The Bertz CT molecular complexity index is 589. The number of carbonyl (C=O) groups excluding carboxylic acids is 1. The lowest BCUT2D eigenvalue weighted by molar-refractivity contribution is 0.0957. The van der Waals surface area contributed by atoms with Crippen LogP contribution >= 0.6 is 0 Å². The molecule has 0 aromatic carbocycles. The van der Waals surface area contributed by atoms with Gasteiger partial charge in [0, 0.05) is 24.5 Å². The number of nitrogens with one attached hydrogen (secondary N) is 1. The molecule has 0 unspecified atom stereocenters. The fourth-order valence-electron chi connectivity index (χ4n) is 1.69. The number of pyridine rings is 1. The number of aromatic nitrogens is 3. The molecule has 0 aliphatic rings. The summed E-state index contributed by atoms with van der Waals surface area (Å²) in [5.74, 6) is -0.181. The second-order valence-electron chi connectivity index (χ2n) is 4.15. The summed E-state index contributed by atoms with van der Waals surface area (Å²) >= 11 is 0. The fourth-order valence-corrected chi connectivity index (χ4v) is 1.69. The second kappa shape index (κ2) is 6.63. The van der Waals surface area contributed by atoms with Crippen LogP contribution in [-0.2, 0) is 6.54 Å². The third kappa shape index (κ3) is 3.30. The zero-order valence-electron chi connectivity index (χ0n) is 11.0. The van der Waals surface area contributed by atoms with Gasteiger partial charge >= 0.3 is 0 Å². The van der Waals surface area contributed by atoms with Crippen molar-refractivity contribution in [2.24, 2.45) is 0 Å². The van der Waals surface area contributed by atoms with Crippen LogP contribution in [0.4, 0.5) is 0 Å². The molecule has 0 saturated carbocycles. The Kier molecular flexibility index (Phi) is 4.62. The topological polar surface area (TPSA) is 80.0 Å². The fraction of sp³-hybridized carbons (Fsp3) is 0.214. The van der Waals surface area contributed by atoms with Gasteiger partial charge in [0.25, 0.3) is 5.91 Å². The van der Waals surface area contributed by atoms with Crippen molar-refractivity contribution >= 4 is 5.91 Å². The van der Waals surface area contributed by atoms with Crippen LogP contribution in [0.15, 0.2) is 43.4 Å². The summed E-state index contributed by atoms with van der Waals surface area (Å²) in [7, 11) is 0. The number of aliphatic hydroxyl groups excluding tert-OH is 1. The normalized spacial score (nSPS) is 10.2. The van der Waals surface area contributed by atoms with Gasteiger partial charge in [0.1, 0.15) is 0 Å². The Labute approximate surface area is 116 Å². The SMILES string of the molecule is C=CCNC(=O)c1ccc(-c2cnn(CCO)c2)nc1. The Morgan fingerprint density at radius 1 is 1.45 bits per heavy atom. The zero-order chi connectivity index (χ0) is 14.4. The third-order valence-electron chi connectivity index (χ3n) is 2.69. The summed E-state index contributed by atoms with van der Waals surface area (Å²) in [4.78, 5) is 15.9. The summed E-state index contributed by atoms with van der Waals surface area (Å²) in [6, 6.07) is 3.48. The molecule has 0 aliphatic carbocycles. The highest BCUT2D eigenvalue weighted by molar-refractivity contribution is 5.94. The van der Waals surface area contributed by atoms with Gasteiger partial charge in [-0.3, -0.25) is 14.5 Å². The van der Waals surface area contributed by atoms with E-state index in [1.807, 2.05) is 0 Å². The summed E-state index contributed by atoms with van der Waals surface area (Å²) in [5.41, 5.74) is 2.07. The average molecular weight is 272 g/mol. The highest BCUT2D eigenvalue weighted by Crippen LogP contribution is 2.15. The number of hydrogen-bond acceptors (Lipinski definition) is 4. The Hall–Kier alpha value is -2.47. The van der Waals surface area contributed by atoms with E-state index in [2.05, 4.69) is 22.0 Å². The number of aliphatic hydroxyl groups is 1. The number of nitrogens with zero attached hydrogens (tertiary/aromatic N) is 3. The molecule has 2 aromatic heterocycles. The van der Waals surface area contributed by atoms with Crippen LogP contribution in [0, 0.1) is 0 Å². The standard InChI is InChI=1S/C14H16N4O2/c1-2-5-15-14(20)11-3-4-13(16-8-11)12-9-17-18(10-12)6-7-19/h2-4,8-10,19H,1,5-7H2,(H,15,20). The van der Waals surface area contributed by atoms with Gasteiger partial charge in [-0.15, -0.1) is 6.58 Å². The van der Waals surface area contributed by atoms with Crippen LogP contribution in [0.1, 0.15) is 10.4 Å². The van der Waals surface area contributed by atoms with Gasteiger partial charge < -0.3 is 10.4 Å². The molecule has 0 atom stereocenters. The predicted octanol–water partition coefficient (Wildman–Crippen LogP) is 0.853. The van der Waals surface area contributed by atoms with Crippen molar-refractivity contribution in [1.82, 2.24) is 20.1 Å². The molecule has 0 bridgehead atoms. The summed E-state index contributed by atoms with van der Waals surface area (Å²) in [5, 5.41) is 15.6. The van der Waals surface area contributed by atoms with E-state index in [0.717, 1.165) is 11.3 Å². The third-order valence-corrected chi connectivity index (χ3v) is 2.69. The monoisotopic (exact) mass is 272 g/mol. The minimum absolute atomic E-state index is 0.0387. The molecule has 0 saturated heterocycles. The molecule has 0 fully saturated rings. The minimum atomic E-state index is -0.181. The van der Waals surface area contributed by atoms with E-state index in [1.165, 1.54) is 6.20 Å². The molecule has 0 spiro atoms. The Balaban J connectivity index is 2.10. The molecule has 2 aromatic rings. The molecule has 2 rings (SSSR count). The van der Waals surface area contributed by atoms with Crippen LogP contribution in [0.2, 0.25) is 0 Å². The molecular weight excluding hydrogens is 256 g/mol. The molecule has 6 nitrogen and oxygen atoms in total. The van der Waals surface area contributed by atoms with E-state index < -0.39 is 0 Å². The molecule has 6 heteroatoms. The van der Waals surface area contributed by atoms with E-state index >= 15 is 0 Å². The lowest BCUT2D eigenvalue weighted by atomic mass is 10.2. The maximum atomic E-state index is 11.7. The van der Waals surface area contributed by atoms with Crippen molar-refractivity contribution in [2.75, 3.05) is 13.2 Å². The van der Waals surface area contributed by atoms with Crippen molar-refractivity contribution in [2.45, 2.75) is 6.54 Å². The lowest BCUT2D eigenvalue weighted by Crippen LogP contribution is -2.23. The van der Waals surface area contributed by atoms with E-state index in [1.54, 1.807) is 35.3 Å². The Morgan fingerprint density at radius 2 is 2.30 bits per heavy atom. The van der Waals surface area contributed by atoms with Crippen molar-refractivity contribution in [1.29, 1.82) is 0 Å². The van der Waals surface area contributed by atoms with E-state index in [9.17, 15) is 4.79 Å². The highest BCUT2D eigenvalue weighted by atomic mass is 16.3. The van der Waals surface area contributed by atoms with E-state index in [-0.39, 0.29) is 12.5 Å². The first-order valence-corrected chi connectivity index (χ1v) is 6.23. The van der Waals surface area contributed by atoms with Gasteiger partial charge in [-0.05, 0) is 12.1 Å². The number of rotatable bonds is 6. The molecule has 104 valence electrons. The maximum Gasteiger partial charge on any atom is 0.253 e. The summed E-state index contributed by atoms with van der Waals surface area (Å²) in [6.45, 7) is 4.45. The Morgan fingerprint density at radius 3 is 2.95 bits per heavy atom. The van der Waals surface area contributed by atoms with Crippen molar-refractivity contribution in [3.05, 3.63) is 48.9 Å². The lowest BCUT2D eigenvalue weighted by Gasteiger charge is -2.02. The maximum absolute atomic E-state index is 11.7. The first-order valence-electron chi connectivity index (χ1n) is 6.23. The number of carbonyl (C=O) groups is 1. The van der Waals surface area contributed by atoms with Crippen molar-refractivity contribution in [3.63, 3.8) is 0 Å². The molecule has 2 heterocycles. The van der Waals surface area contributed by atoms with E-state index in [0.29, 0.717) is 18.7 Å². The van der Waals surface area contributed by atoms with Gasteiger partial charge in [0.15, 0.2) is 0 Å². The molecule has 1 amide bonds. The van der Waals surface area contributed by atoms with Gasteiger partial charge in [-0.25, -0.2) is 0 Å². The van der Waals surface area contributed by atoms with Crippen molar-refractivity contribution < 1.29 is 9.90 Å². The smallest absolute Gasteiger partial charge is 0.253 e.